The summed E-state index contributed by atoms with van der Waals surface area (Å²) >= 11 is 0. The molecule has 11 heavy (non-hydrogen) atoms. The Morgan fingerprint density at radius 2 is 2.18 bits per heavy atom. The molecule has 0 heterocycles. The van der Waals surface area contributed by atoms with Gasteiger partial charge in [0.1, 0.15) is 5.78 Å². The number of carbonyl (C=O) groups excluding carboxylic acids is 1. The number of nitrogens with zero attached hydrogens (tertiary/aromatic N) is 1. The molecular formula is C9H15NO. The number of Topliss-reactive ketones (excluding diaryl/α,β-unsaturated/α-hetero) is 1. The van der Waals surface area contributed by atoms with Crippen molar-refractivity contribution >= 4 is 11.5 Å². The number of aliphatic imine (C=N–C) groups is 1. The summed E-state index contributed by atoms with van der Waals surface area (Å²) in [7, 11) is 0. The second kappa shape index (κ2) is 5.83. The van der Waals surface area contributed by atoms with Crippen molar-refractivity contribution < 1.29 is 4.79 Å². The Bertz CT molecular complexity index is 180. The second-order valence-corrected chi connectivity index (χ2v) is 2.34. The van der Waals surface area contributed by atoms with Gasteiger partial charge in [-0.15, -0.1) is 0 Å². The van der Waals surface area contributed by atoms with E-state index in [1.165, 1.54) is 0 Å². The van der Waals surface area contributed by atoms with E-state index in [1.54, 1.807) is 6.92 Å². The van der Waals surface area contributed by atoms with Gasteiger partial charge in [0.15, 0.2) is 0 Å². The van der Waals surface area contributed by atoms with Crippen LogP contribution >= 0.6 is 0 Å². The van der Waals surface area contributed by atoms with Gasteiger partial charge in [-0.25, -0.2) is 0 Å². The van der Waals surface area contributed by atoms with Crippen LogP contribution in [0.5, 0.6) is 0 Å². The van der Waals surface area contributed by atoms with E-state index < -0.39 is 0 Å². The molecule has 0 aromatic rings. The minimum atomic E-state index is 0.162. The van der Waals surface area contributed by atoms with E-state index in [9.17, 15) is 4.79 Å². The van der Waals surface area contributed by atoms with Gasteiger partial charge in [-0.2, -0.15) is 0 Å². The molecule has 0 fully saturated rings. The predicted octanol–water partition coefficient (Wildman–Crippen LogP) is 2.00. The molecule has 0 spiro atoms. The van der Waals surface area contributed by atoms with Crippen LogP contribution in [0.4, 0.5) is 0 Å². The van der Waals surface area contributed by atoms with Crippen molar-refractivity contribution in [1.29, 1.82) is 0 Å². The monoisotopic (exact) mass is 153 g/mol. The first-order valence-electron chi connectivity index (χ1n) is 3.86. The van der Waals surface area contributed by atoms with Gasteiger partial charge in [0, 0.05) is 18.7 Å². The van der Waals surface area contributed by atoms with Crippen LogP contribution in [0.25, 0.3) is 0 Å². The van der Waals surface area contributed by atoms with Crippen molar-refractivity contribution in [3.8, 4) is 0 Å². The highest BCUT2D eigenvalue weighted by Gasteiger charge is 1.97. The maximum absolute atomic E-state index is 10.7. The molecule has 0 saturated carbocycles. The summed E-state index contributed by atoms with van der Waals surface area (Å²) < 4.78 is 0. The molecule has 0 radical (unpaired) electrons. The molecule has 0 aromatic heterocycles. The van der Waals surface area contributed by atoms with Crippen LogP contribution in [0.3, 0.4) is 0 Å². The van der Waals surface area contributed by atoms with Crippen LogP contribution in [-0.4, -0.2) is 18.0 Å². The molecule has 62 valence electrons. The summed E-state index contributed by atoms with van der Waals surface area (Å²) in [6, 6.07) is 0. The lowest BCUT2D eigenvalue weighted by atomic mass is 10.2. The average molecular weight is 153 g/mol. The fraction of sp³-hybridized carbons (Fsp3) is 0.556. The standard InChI is InChI=1S/C9H15NO/c1-4-6-9(10-5-2)7-8(3)11/h4,6H,5,7H2,1-3H3/b6-4-,10-9?. The van der Waals surface area contributed by atoms with Crippen molar-refractivity contribution in [1.82, 2.24) is 0 Å². The first kappa shape index (κ1) is 10.1. The van der Waals surface area contributed by atoms with E-state index in [4.69, 9.17) is 0 Å². The highest BCUT2D eigenvalue weighted by atomic mass is 16.1. The minimum Gasteiger partial charge on any atom is -0.300 e. The SMILES string of the molecule is C/C=C\C(CC(C)=O)=NCC. The van der Waals surface area contributed by atoms with Crippen molar-refractivity contribution in [2.75, 3.05) is 6.54 Å². The lowest BCUT2D eigenvalue weighted by Crippen LogP contribution is -2.01. The zero-order valence-electron chi connectivity index (χ0n) is 7.42. The molecule has 0 rings (SSSR count). The minimum absolute atomic E-state index is 0.162. The second-order valence-electron chi connectivity index (χ2n) is 2.34. The topological polar surface area (TPSA) is 29.4 Å². The fourth-order valence-electron chi connectivity index (χ4n) is 0.818. The molecule has 2 heteroatoms. The molecule has 0 N–H and O–H groups in total. The third kappa shape index (κ3) is 5.52. The molecule has 0 aliphatic heterocycles. The Kier molecular flexibility index (Phi) is 5.35. The molecule has 2 nitrogen and oxygen atoms in total. The Balaban J connectivity index is 4.11. The summed E-state index contributed by atoms with van der Waals surface area (Å²) in [5.74, 6) is 0.162. The van der Waals surface area contributed by atoms with Crippen LogP contribution < -0.4 is 0 Å². The normalized spacial score (nSPS) is 12.5. The molecular weight excluding hydrogens is 138 g/mol. The van der Waals surface area contributed by atoms with Crippen molar-refractivity contribution in [2.45, 2.75) is 27.2 Å². The largest absolute Gasteiger partial charge is 0.300 e. The van der Waals surface area contributed by atoms with Gasteiger partial charge in [0.2, 0.25) is 0 Å². The number of carbonyl (C=O) groups is 1. The first-order valence-corrected chi connectivity index (χ1v) is 3.86. The molecule has 0 aromatic carbocycles. The smallest absolute Gasteiger partial charge is 0.135 e. The zero-order valence-corrected chi connectivity index (χ0v) is 7.42. The Labute approximate surface area is 68.0 Å². The molecule has 0 atom stereocenters. The molecule has 0 bridgehead atoms. The van der Waals surface area contributed by atoms with Crippen LogP contribution in [0.15, 0.2) is 17.1 Å². The predicted molar refractivity (Wildman–Crippen MR) is 48.1 cm³/mol. The third-order valence-electron chi connectivity index (χ3n) is 1.15. The van der Waals surface area contributed by atoms with Crippen LogP contribution in [0.2, 0.25) is 0 Å². The maximum Gasteiger partial charge on any atom is 0.135 e. The Morgan fingerprint density at radius 1 is 1.55 bits per heavy atom. The van der Waals surface area contributed by atoms with E-state index >= 15 is 0 Å². The van der Waals surface area contributed by atoms with E-state index in [1.807, 2.05) is 26.0 Å². The average Bonchev–Trinajstić information content (AvgIpc) is 1.87. The molecule has 0 aliphatic carbocycles. The Morgan fingerprint density at radius 3 is 2.55 bits per heavy atom. The summed E-state index contributed by atoms with van der Waals surface area (Å²) in [6.45, 7) is 6.20. The number of allylic oxidation sites excluding steroid dienone is 2. The van der Waals surface area contributed by atoms with Gasteiger partial charge in [0.25, 0.3) is 0 Å². The summed E-state index contributed by atoms with van der Waals surface area (Å²) in [4.78, 5) is 14.9. The fourth-order valence-corrected chi connectivity index (χ4v) is 0.818. The zero-order chi connectivity index (χ0) is 8.69. The number of hydrogen-bond acceptors (Lipinski definition) is 2. The molecule has 0 saturated heterocycles. The number of ketones is 1. The van der Waals surface area contributed by atoms with Crippen LogP contribution in [0, 0.1) is 0 Å². The number of hydrogen-bond donors (Lipinski definition) is 0. The van der Waals surface area contributed by atoms with Crippen molar-refractivity contribution in [3.05, 3.63) is 12.2 Å². The highest BCUT2D eigenvalue weighted by Crippen LogP contribution is 1.91. The summed E-state index contributed by atoms with van der Waals surface area (Å²) in [6.07, 6.45) is 4.24. The third-order valence-corrected chi connectivity index (χ3v) is 1.15. The van der Waals surface area contributed by atoms with Crippen molar-refractivity contribution in [3.63, 3.8) is 0 Å². The van der Waals surface area contributed by atoms with Gasteiger partial charge in [-0.05, 0) is 26.8 Å². The van der Waals surface area contributed by atoms with E-state index in [0.717, 1.165) is 12.3 Å². The summed E-state index contributed by atoms with van der Waals surface area (Å²) in [5, 5.41) is 0. The van der Waals surface area contributed by atoms with Gasteiger partial charge in [-0.3, -0.25) is 9.79 Å². The maximum atomic E-state index is 10.7. The van der Waals surface area contributed by atoms with E-state index in [0.29, 0.717) is 6.42 Å². The first-order chi connectivity index (χ1) is 5.20. The van der Waals surface area contributed by atoms with Gasteiger partial charge in [-0.1, -0.05) is 6.08 Å². The van der Waals surface area contributed by atoms with Gasteiger partial charge >= 0.3 is 0 Å². The Hall–Kier alpha value is -0.920. The lowest BCUT2D eigenvalue weighted by molar-refractivity contribution is -0.115. The lowest BCUT2D eigenvalue weighted by Gasteiger charge is -1.95. The molecule has 0 amide bonds. The van der Waals surface area contributed by atoms with Gasteiger partial charge in [0.05, 0.1) is 0 Å². The van der Waals surface area contributed by atoms with E-state index in [-0.39, 0.29) is 5.78 Å². The van der Waals surface area contributed by atoms with Crippen molar-refractivity contribution in [2.24, 2.45) is 4.99 Å². The molecule has 0 unspecified atom stereocenters. The quantitative estimate of drug-likeness (QED) is 0.568. The van der Waals surface area contributed by atoms with E-state index in [2.05, 4.69) is 4.99 Å². The highest BCUT2D eigenvalue weighted by molar-refractivity contribution is 6.06. The van der Waals surface area contributed by atoms with Crippen LogP contribution in [0.1, 0.15) is 27.2 Å². The number of rotatable bonds is 4. The summed E-state index contributed by atoms with van der Waals surface area (Å²) in [5.41, 5.74) is 0.877. The van der Waals surface area contributed by atoms with Gasteiger partial charge < -0.3 is 0 Å². The van der Waals surface area contributed by atoms with Crippen LogP contribution in [-0.2, 0) is 4.79 Å². The molecule has 0 aliphatic rings.